The van der Waals surface area contributed by atoms with Crippen molar-refractivity contribution >= 4 is 22.9 Å². The number of nitrogens with zero attached hydrogens (tertiary/aromatic N) is 5. The van der Waals surface area contributed by atoms with Gasteiger partial charge < -0.3 is 25.0 Å². The Labute approximate surface area is 181 Å². The molecule has 9 nitrogen and oxygen atoms in total. The van der Waals surface area contributed by atoms with Crippen molar-refractivity contribution in [3.63, 3.8) is 0 Å². The van der Waals surface area contributed by atoms with E-state index in [9.17, 15) is 5.11 Å². The summed E-state index contributed by atoms with van der Waals surface area (Å²) in [6.45, 7) is 6.39. The smallest absolute Gasteiger partial charge is 0.229 e. The second-order valence-electron chi connectivity index (χ2n) is 8.18. The van der Waals surface area contributed by atoms with Crippen molar-refractivity contribution in [3.05, 3.63) is 36.2 Å². The molecule has 4 heterocycles. The van der Waals surface area contributed by atoms with Gasteiger partial charge in [0.2, 0.25) is 5.95 Å². The van der Waals surface area contributed by atoms with Gasteiger partial charge in [-0.25, -0.2) is 4.98 Å². The van der Waals surface area contributed by atoms with Crippen molar-refractivity contribution in [1.82, 2.24) is 24.8 Å². The van der Waals surface area contributed by atoms with Crippen molar-refractivity contribution in [2.24, 2.45) is 0 Å². The Bertz CT molecular complexity index is 993. The zero-order valence-electron chi connectivity index (χ0n) is 17.6. The number of phenols is 1. The Kier molecular flexibility index (Phi) is 5.86. The number of fused-ring (bicyclic) bond motifs is 1. The molecule has 0 atom stereocenters. The van der Waals surface area contributed by atoms with Gasteiger partial charge in [-0.1, -0.05) is 12.1 Å². The maximum atomic E-state index is 9.44. The molecule has 0 bridgehead atoms. The van der Waals surface area contributed by atoms with E-state index in [-0.39, 0.29) is 5.75 Å². The number of anilines is 2. The molecule has 2 aromatic heterocycles. The lowest BCUT2D eigenvalue weighted by Gasteiger charge is -2.40. The van der Waals surface area contributed by atoms with Crippen molar-refractivity contribution in [1.29, 1.82) is 0 Å². The van der Waals surface area contributed by atoms with Crippen LogP contribution in [0.3, 0.4) is 0 Å². The highest BCUT2D eigenvalue weighted by molar-refractivity contribution is 5.83. The molecular weight excluding hydrogens is 394 g/mol. The molecule has 2 fully saturated rings. The molecule has 9 heteroatoms. The standard InChI is InChI=1S/C22H29N7O2/c30-18-3-1-16(2-4-18)5-8-23-20-19-21(25-15-24-19)27-22(26-20)29-9-6-17(7-10-29)28-11-13-31-14-12-28/h1-4,15,17,30H,5-14H2,(H2,23,24,25,26,27). The number of piperidine rings is 1. The summed E-state index contributed by atoms with van der Waals surface area (Å²) in [5, 5.41) is 12.9. The predicted molar refractivity (Wildman–Crippen MR) is 120 cm³/mol. The molecule has 0 saturated carbocycles. The fourth-order valence-electron chi connectivity index (χ4n) is 4.45. The van der Waals surface area contributed by atoms with Gasteiger partial charge in [0, 0.05) is 38.8 Å². The summed E-state index contributed by atoms with van der Waals surface area (Å²) in [6, 6.07) is 7.93. The number of imidazole rings is 1. The Hall–Kier alpha value is -2.91. The van der Waals surface area contributed by atoms with Crippen LogP contribution in [0.2, 0.25) is 0 Å². The van der Waals surface area contributed by atoms with Crippen molar-refractivity contribution in [2.75, 3.05) is 56.2 Å². The molecule has 1 aromatic carbocycles. The summed E-state index contributed by atoms with van der Waals surface area (Å²) in [5.41, 5.74) is 2.68. The monoisotopic (exact) mass is 423 g/mol. The molecule has 3 aromatic rings. The third kappa shape index (κ3) is 4.57. The lowest BCUT2D eigenvalue weighted by atomic mass is 10.0. The van der Waals surface area contributed by atoms with Gasteiger partial charge in [-0.3, -0.25) is 4.90 Å². The van der Waals surface area contributed by atoms with E-state index in [0.29, 0.717) is 11.7 Å². The van der Waals surface area contributed by atoms with Crippen LogP contribution in [-0.4, -0.2) is 81.9 Å². The Morgan fingerprint density at radius 1 is 1.06 bits per heavy atom. The lowest BCUT2D eigenvalue weighted by molar-refractivity contribution is 0.0114. The van der Waals surface area contributed by atoms with Gasteiger partial charge in [-0.2, -0.15) is 9.97 Å². The minimum atomic E-state index is 0.286. The van der Waals surface area contributed by atoms with E-state index in [4.69, 9.17) is 14.7 Å². The first-order valence-electron chi connectivity index (χ1n) is 11.1. The quantitative estimate of drug-likeness (QED) is 0.553. The van der Waals surface area contributed by atoms with Crippen LogP contribution in [0.25, 0.3) is 11.2 Å². The topological polar surface area (TPSA) is 102 Å². The van der Waals surface area contributed by atoms with Gasteiger partial charge in [-0.05, 0) is 37.0 Å². The third-order valence-electron chi connectivity index (χ3n) is 6.23. The number of rotatable bonds is 6. The molecule has 3 N–H and O–H groups in total. The molecule has 0 unspecified atom stereocenters. The highest BCUT2D eigenvalue weighted by Gasteiger charge is 2.27. The molecule has 2 saturated heterocycles. The summed E-state index contributed by atoms with van der Waals surface area (Å²) >= 11 is 0. The fraction of sp³-hybridized carbons (Fsp3) is 0.500. The normalized spacial score (nSPS) is 18.5. The van der Waals surface area contributed by atoms with Gasteiger partial charge in [0.25, 0.3) is 0 Å². The van der Waals surface area contributed by atoms with Crippen LogP contribution in [0, 0.1) is 0 Å². The number of aromatic nitrogens is 4. The van der Waals surface area contributed by atoms with Crippen molar-refractivity contribution in [2.45, 2.75) is 25.3 Å². The first-order valence-corrected chi connectivity index (χ1v) is 11.1. The van der Waals surface area contributed by atoms with E-state index in [1.165, 1.54) is 0 Å². The molecule has 2 aliphatic heterocycles. The first kappa shape index (κ1) is 20.0. The van der Waals surface area contributed by atoms with Crippen LogP contribution in [0.1, 0.15) is 18.4 Å². The Morgan fingerprint density at radius 3 is 2.61 bits per heavy atom. The summed E-state index contributed by atoms with van der Waals surface area (Å²) in [4.78, 5) is 21.9. The van der Waals surface area contributed by atoms with Crippen LogP contribution in [0.15, 0.2) is 30.6 Å². The molecule has 31 heavy (non-hydrogen) atoms. The Morgan fingerprint density at radius 2 is 1.84 bits per heavy atom. The van der Waals surface area contributed by atoms with Crippen LogP contribution in [-0.2, 0) is 11.2 Å². The average Bonchev–Trinajstić information content (AvgIpc) is 3.30. The molecule has 0 radical (unpaired) electrons. The van der Waals surface area contributed by atoms with Crippen LogP contribution >= 0.6 is 0 Å². The maximum Gasteiger partial charge on any atom is 0.229 e. The molecule has 0 aliphatic carbocycles. The lowest BCUT2D eigenvalue weighted by Crippen LogP contribution is -2.49. The highest BCUT2D eigenvalue weighted by Crippen LogP contribution is 2.25. The van der Waals surface area contributed by atoms with Crippen molar-refractivity contribution in [3.8, 4) is 5.75 Å². The number of hydrogen-bond acceptors (Lipinski definition) is 8. The number of benzene rings is 1. The molecule has 0 spiro atoms. The van der Waals surface area contributed by atoms with E-state index in [1.54, 1.807) is 18.5 Å². The minimum Gasteiger partial charge on any atom is -0.508 e. The molecule has 164 valence electrons. The number of aromatic hydroxyl groups is 1. The van der Waals surface area contributed by atoms with E-state index >= 15 is 0 Å². The maximum absolute atomic E-state index is 9.44. The SMILES string of the molecule is Oc1ccc(CCNc2nc(N3CCC(N4CCOCC4)CC3)nc3nc[nH]c23)cc1. The predicted octanol–water partition coefficient (Wildman–Crippen LogP) is 2.01. The summed E-state index contributed by atoms with van der Waals surface area (Å²) in [7, 11) is 0. The van der Waals surface area contributed by atoms with Gasteiger partial charge >= 0.3 is 0 Å². The summed E-state index contributed by atoms with van der Waals surface area (Å²) in [6.07, 6.45) is 4.73. The van der Waals surface area contributed by atoms with Gasteiger partial charge in [0.15, 0.2) is 11.5 Å². The molecule has 5 rings (SSSR count). The first-order chi connectivity index (χ1) is 15.3. The highest BCUT2D eigenvalue weighted by atomic mass is 16.5. The zero-order valence-corrected chi connectivity index (χ0v) is 17.6. The number of ether oxygens (including phenoxy) is 1. The summed E-state index contributed by atoms with van der Waals surface area (Å²) in [5.74, 6) is 1.81. The van der Waals surface area contributed by atoms with Gasteiger partial charge in [0.1, 0.15) is 11.3 Å². The summed E-state index contributed by atoms with van der Waals surface area (Å²) < 4.78 is 5.49. The average molecular weight is 424 g/mol. The number of nitrogens with one attached hydrogen (secondary N) is 2. The largest absolute Gasteiger partial charge is 0.508 e. The van der Waals surface area contributed by atoms with Crippen molar-refractivity contribution < 1.29 is 9.84 Å². The molecule has 0 amide bonds. The van der Waals surface area contributed by atoms with E-state index in [2.05, 4.69) is 25.1 Å². The number of H-pyrrole nitrogens is 1. The second-order valence-corrected chi connectivity index (χ2v) is 8.18. The van der Waals surface area contributed by atoms with E-state index in [1.807, 2.05) is 12.1 Å². The zero-order chi connectivity index (χ0) is 21.0. The molecular formula is C22H29N7O2. The van der Waals surface area contributed by atoms with Crippen LogP contribution < -0.4 is 10.2 Å². The number of morpholine rings is 1. The van der Waals surface area contributed by atoms with E-state index < -0.39 is 0 Å². The second kappa shape index (κ2) is 9.07. The fourth-order valence-corrected chi connectivity index (χ4v) is 4.45. The Balaban J connectivity index is 1.25. The number of phenolic OH excluding ortho intramolecular Hbond substituents is 1. The molecule has 2 aliphatic rings. The van der Waals surface area contributed by atoms with E-state index in [0.717, 1.165) is 88.0 Å². The van der Waals surface area contributed by atoms with Gasteiger partial charge in [0.05, 0.1) is 19.5 Å². The number of aromatic amines is 1. The van der Waals surface area contributed by atoms with Gasteiger partial charge in [-0.15, -0.1) is 0 Å². The van der Waals surface area contributed by atoms with Crippen LogP contribution in [0.5, 0.6) is 5.75 Å². The third-order valence-corrected chi connectivity index (χ3v) is 6.23. The van der Waals surface area contributed by atoms with Crippen LogP contribution in [0.4, 0.5) is 11.8 Å². The minimum absolute atomic E-state index is 0.286. The number of hydrogen-bond donors (Lipinski definition) is 3.